The van der Waals surface area contributed by atoms with Crippen LogP contribution in [0.15, 0.2) is 0 Å². The number of carbonyl (C=O) groups excluding carboxylic acids is 2. The molecule has 4 atom stereocenters. The van der Waals surface area contributed by atoms with Crippen LogP contribution in [0.3, 0.4) is 0 Å². The Morgan fingerprint density at radius 1 is 1.47 bits per heavy atom. The summed E-state index contributed by atoms with van der Waals surface area (Å²) in [6, 6.07) is -0.359. The highest BCUT2D eigenvalue weighted by atomic mass is 16.6. The molecular weight excluding hydrogens is 250 g/mol. The van der Waals surface area contributed by atoms with Gasteiger partial charge in [0.2, 0.25) is 0 Å². The van der Waals surface area contributed by atoms with Gasteiger partial charge in [-0.1, -0.05) is 0 Å². The normalized spacial score (nSPS) is 26.5. The van der Waals surface area contributed by atoms with Gasteiger partial charge in [-0.05, 0) is 34.6 Å². The summed E-state index contributed by atoms with van der Waals surface area (Å²) in [4.78, 5) is 23.1. The second-order valence-corrected chi connectivity index (χ2v) is 5.99. The number of rotatable bonds is 3. The van der Waals surface area contributed by atoms with Crippen LogP contribution < -0.4 is 5.32 Å². The minimum atomic E-state index is -0.744. The lowest BCUT2D eigenvalue weighted by molar-refractivity contribution is -0.147. The van der Waals surface area contributed by atoms with Crippen molar-refractivity contribution in [2.45, 2.75) is 64.9 Å². The molecule has 1 unspecified atom stereocenters. The lowest BCUT2D eigenvalue weighted by atomic mass is 9.97. The largest absolute Gasteiger partial charge is 0.460 e. The van der Waals surface area contributed by atoms with Gasteiger partial charge in [0.1, 0.15) is 11.7 Å². The summed E-state index contributed by atoms with van der Waals surface area (Å²) in [5.74, 6) is -0.939. The first-order valence-electron chi connectivity index (χ1n) is 6.48. The highest BCUT2D eigenvalue weighted by molar-refractivity contribution is 5.75. The Kier molecular flexibility index (Phi) is 4.79. The second kappa shape index (κ2) is 5.77. The van der Waals surface area contributed by atoms with Crippen molar-refractivity contribution in [1.82, 2.24) is 5.32 Å². The first kappa shape index (κ1) is 15.8. The van der Waals surface area contributed by atoms with Gasteiger partial charge < -0.3 is 19.9 Å². The Labute approximate surface area is 113 Å². The van der Waals surface area contributed by atoms with Gasteiger partial charge in [0.15, 0.2) is 0 Å². The molecule has 0 saturated carbocycles. The van der Waals surface area contributed by atoms with Crippen LogP contribution in [-0.2, 0) is 14.3 Å². The van der Waals surface area contributed by atoms with Crippen molar-refractivity contribution in [3.05, 3.63) is 0 Å². The third kappa shape index (κ3) is 4.70. The number of carbonyl (C=O) groups is 2. The van der Waals surface area contributed by atoms with E-state index in [9.17, 15) is 14.7 Å². The number of ether oxygens (including phenoxy) is 2. The van der Waals surface area contributed by atoms with Crippen LogP contribution in [0.5, 0.6) is 0 Å². The van der Waals surface area contributed by atoms with Crippen LogP contribution >= 0.6 is 0 Å². The van der Waals surface area contributed by atoms with Crippen molar-refractivity contribution in [3.8, 4) is 0 Å². The van der Waals surface area contributed by atoms with E-state index in [1.54, 1.807) is 34.6 Å². The fourth-order valence-corrected chi connectivity index (χ4v) is 1.92. The number of nitrogens with one attached hydrogen (secondary N) is 1. The van der Waals surface area contributed by atoms with Crippen molar-refractivity contribution in [2.24, 2.45) is 5.92 Å². The van der Waals surface area contributed by atoms with E-state index in [-0.39, 0.29) is 6.04 Å². The third-order valence-electron chi connectivity index (χ3n) is 2.94. The number of amides is 1. The Balaban J connectivity index is 2.49. The topological polar surface area (TPSA) is 84.9 Å². The Morgan fingerprint density at radius 2 is 2.05 bits per heavy atom. The van der Waals surface area contributed by atoms with Gasteiger partial charge in [-0.3, -0.25) is 4.79 Å². The molecule has 0 aromatic heterocycles. The molecule has 0 aromatic rings. The van der Waals surface area contributed by atoms with Crippen LogP contribution in [0.25, 0.3) is 0 Å². The molecule has 2 N–H and O–H groups in total. The predicted octanol–water partition coefficient (Wildman–Crippen LogP) is 1.21. The SMILES string of the molecule is CC(O)[C@H]1C[C@H]([C@H](C)NC(=O)OC(C)(C)C)OC1=O. The molecule has 6 heteroatoms. The molecule has 1 aliphatic rings. The van der Waals surface area contributed by atoms with Crippen LogP contribution in [0.1, 0.15) is 41.0 Å². The molecule has 110 valence electrons. The van der Waals surface area contributed by atoms with E-state index >= 15 is 0 Å². The molecule has 1 heterocycles. The number of hydrogen-bond donors (Lipinski definition) is 2. The van der Waals surface area contributed by atoms with Crippen molar-refractivity contribution in [1.29, 1.82) is 0 Å². The van der Waals surface area contributed by atoms with Crippen molar-refractivity contribution < 1.29 is 24.2 Å². The Bertz CT molecular complexity index is 347. The zero-order valence-electron chi connectivity index (χ0n) is 12.1. The molecule has 0 spiro atoms. The molecule has 6 nitrogen and oxygen atoms in total. The van der Waals surface area contributed by atoms with Gasteiger partial charge in [0.25, 0.3) is 0 Å². The van der Waals surface area contributed by atoms with E-state index in [4.69, 9.17) is 9.47 Å². The zero-order chi connectivity index (χ0) is 14.8. The summed E-state index contributed by atoms with van der Waals surface area (Å²) < 4.78 is 10.3. The molecule has 1 amide bonds. The molecule has 1 saturated heterocycles. The standard InChI is InChI=1S/C13H23NO5/c1-7(14-12(17)19-13(3,4)5)10-6-9(8(2)15)11(16)18-10/h7-10,15H,6H2,1-5H3,(H,14,17)/t7-,8?,9+,10+/m0/s1. The lowest BCUT2D eigenvalue weighted by Crippen LogP contribution is -2.43. The smallest absolute Gasteiger partial charge is 0.407 e. The van der Waals surface area contributed by atoms with E-state index in [0.717, 1.165) is 0 Å². The first-order chi connectivity index (χ1) is 8.60. The zero-order valence-corrected chi connectivity index (χ0v) is 12.1. The first-order valence-corrected chi connectivity index (χ1v) is 6.48. The molecule has 1 rings (SSSR count). The Morgan fingerprint density at radius 3 is 2.47 bits per heavy atom. The van der Waals surface area contributed by atoms with Crippen LogP contribution in [-0.4, -0.2) is 41.0 Å². The van der Waals surface area contributed by atoms with E-state index in [0.29, 0.717) is 6.42 Å². The minimum Gasteiger partial charge on any atom is -0.460 e. The molecule has 0 radical (unpaired) electrons. The van der Waals surface area contributed by atoms with Gasteiger partial charge >= 0.3 is 12.1 Å². The van der Waals surface area contributed by atoms with Crippen molar-refractivity contribution in [2.75, 3.05) is 0 Å². The minimum absolute atomic E-state index is 0.359. The number of aliphatic hydroxyl groups excluding tert-OH is 1. The summed E-state index contributed by atoms with van der Waals surface area (Å²) >= 11 is 0. The predicted molar refractivity (Wildman–Crippen MR) is 68.5 cm³/mol. The number of aliphatic hydroxyl groups is 1. The summed E-state index contributed by atoms with van der Waals surface area (Å²) in [6.07, 6.45) is -1.32. The average Bonchev–Trinajstić information content (AvgIpc) is 2.57. The van der Waals surface area contributed by atoms with E-state index < -0.39 is 35.8 Å². The van der Waals surface area contributed by atoms with Gasteiger partial charge in [0, 0.05) is 6.42 Å². The van der Waals surface area contributed by atoms with Gasteiger partial charge in [-0.15, -0.1) is 0 Å². The second-order valence-electron chi connectivity index (χ2n) is 5.99. The molecule has 1 aliphatic heterocycles. The maximum absolute atomic E-state index is 11.6. The van der Waals surface area contributed by atoms with Crippen LogP contribution in [0.2, 0.25) is 0 Å². The van der Waals surface area contributed by atoms with E-state index in [2.05, 4.69) is 5.32 Å². The monoisotopic (exact) mass is 273 g/mol. The quantitative estimate of drug-likeness (QED) is 0.755. The molecule has 0 aliphatic carbocycles. The van der Waals surface area contributed by atoms with E-state index in [1.807, 2.05) is 0 Å². The van der Waals surface area contributed by atoms with Crippen LogP contribution in [0, 0.1) is 5.92 Å². The number of esters is 1. The number of cyclic esters (lactones) is 1. The maximum atomic E-state index is 11.6. The third-order valence-corrected chi connectivity index (χ3v) is 2.94. The molecular formula is C13H23NO5. The summed E-state index contributed by atoms with van der Waals surface area (Å²) in [6.45, 7) is 8.62. The summed E-state index contributed by atoms with van der Waals surface area (Å²) in [7, 11) is 0. The summed E-state index contributed by atoms with van der Waals surface area (Å²) in [5.41, 5.74) is -0.571. The molecule has 1 fully saturated rings. The molecule has 19 heavy (non-hydrogen) atoms. The van der Waals surface area contributed by atoms with Crippen LogP contribution in [0.4, 0.5) is 4.79 Å². The van der Waals surface area contributed by atoms with Gasteiger partial charge in [-0.2, -0.15) is 0 Å². The average molecular weight is 273 g/mol. The maximum Gasteiger partial charge on any atom is 0.407 e. The number of alkyl carbamates (subject to hydrolysis) is 1. The van der Waals surface area contributed by atoms with Gasteiger partial charge in [0.05, 0.1) is 18.1 Å². The molecule has 0 bridgehead atoms. The highest BCUT2D eigenvalue weighted by Gasteiger charge is 2.40. The molecule has 0 aromatic carbocycles. The fraction of sp³-hybridized carbons (Fsp3) is 0.846. The Hall–Kier alpha value is -1.30. The summed E-state index contributed by atoms with van der Waals surface area (Å²) in [5, 5.41) is 12.1. The number of hydrogen-bond acceptors (Lipinski definition) is 5. The van der Waals surface area contributed by atoms with E-state index in [1.165, 1.54) is 0 Å². The van der Waals surface area contributed by atoms with Crippen molar-refractivity contribution in [3.63, 3.8) is 0 Å². The van der Waals surface area contributed by atoms with Crippen molar-refractivity contribution >= 4 is 12.1 Å². The highest BCUT2D eigenvalue weighted by Crippen LogP contribution is 2.26. The van der Waals surface area contributed by atoms with Gasteiger partial charge in [-0.25, -0.2) is 4.79 Å². The lowest BCUT2D eigenvalue weighted by Gasteiger charge is -2.24. The fourth-order valence-electron chi connectivity index (χ4n) is 1.92.